The minimum atomic E-state index is -0.809. The van der Waals surface area contributed by atoms with Crippen molar-refractivity contribution in [3.8, 4) is 23.3 Å². The van der Waals surface area contributed by atoms with Crippen LogP contribution < -0.4 is 20.9 Å². The Kier molecular flexibility index (Phi) is 11.9. The lowest BCUT2D eigenvalue weighted by atomic mass is 10.1. The number of esters is 2. The Labute approximate surface area is 237 Å². The summed E-state index contributed by atoms with van der Waals surface area (Å²) in [4.78, 5) is 44.6. The molecule has 0 saturated heterocycles. The van der Waals surface area contributed by atoms with Gasteiger partial charge in [0, 0.05) is 37.1 Å². The summed E-state index contributed by atoms with van der Waals surface area (Å²) in [5, 5.41) is 21.9. The van der Waals surface area contributed by atoms with Crippen LogP contribution in [0.25, 0.3) is 0 Å². The highest BCUT2D eigenvalue weighted by Gasteiger charge is 2.24. The normalized spacial score (nSPS) is 11.8. The predicted octanol–water partition coefficient (Wildman–Crippen LogP) is 3.28. The van der Waals surface area contributed by atoms with E-state index >= 15 is 0 Å². The second-order valence-corrected chi connectivity index (χ2v) is 8.77. The SMILES string of the molecule is COC(=O)c1cc(OC[C@@H](N)CC#CC[C@H](N)COc2cc(C(=O)OC)cc([N+](=O)[O-])c2Cl)c(Cl)c([N+](=O)[O-])c1. The van der Waals surface area contributed by atoms with Gasteiger partial charge in [-0.1, -0.05) is 23.2 Å². The molecule has 4 N–H and O–H groups in total. The molecule has 16 heteroatoms. The van der Waals surface area contributed by atoms with Gasteiger partial charge in [0.25, 0.3) is 11.4 Å². The van der Waals surface area contributed by atoms with Crippen LogP contribution in [0.5, 0.6) is 11.5 Å². The Morgan fingerprint density at radius 2 is 1.15 bits per heavy atom. The van der Waals surface area contributed by atoms with E-state index in [2.05, 4.69) is 21.3 Å². The molecule has 40 heavy (non-hydrogen) atoms. The maximum Gasteiger partial charge on any atom is 0.338 e. The molecule has 0 radical (unpaired) electrons. The van der Waals surface area contributed by atoms with Crippen molar-refractivity contribution in [2.24, 2.45) is 11.5 Å². The quantitative estimate of drug-likeness (QED) is 0.156. The van der Waals surface area contributed by atoms with Gasteiger partial charge in [-0.05, 0) is 12.1 Å². The summed E-state index contributed by atoms with van der Waals surface area (Å²) >= 11 is 12.1. The van der Waals surface area contributed by atoms with E-state index in [1.54, 1.807) is 0 Å². The lowest BCUT2D eigenvalue weighted by molar-refractivity contribution is -0.384. The van der Waals surface area contributed by atoms with Crippen LogP contribution >= 0.6 is 23.2 Å². The van der Waals surface area contributed by atoms with Crippen LogP contribution in [-0.4, -0.2) is 61.3 Å². The van der Waals surface area contributed by atoms with Crippen molar-refractivity contribution in [2.45, 2.75) is 24.9 Å². The minimum absolute atomic E-state index is 0.117. The topological polar surface area (TPSA) is 209 Å². The van der Waals surface area contributed by atoms with Gasteiger partial charge in [0.05, 0.1) is 35.2 Å². The van der Waals surface area contributed by atoms with Gasteiger partial charge in [0.15, 0.2) is 10.0 Å². The van der Waals surface area contributed by atoms with E-state index in [1.165, 1.54) is 12.1 Å². The van der Waals surface area contributed by atoms with Gasteiger partial charge in [-0.15, -0.1) is 11.8 Å². The zero-order valence-corrected chi connectivity index (χ0v) is 22.7. The number of rotatable bonds is 12. The molecule has 0 aromatic heterocycles. The number of hydrogen-bond acceptors (Lipinski definition) is 12. The van der Waals surface area contributed by atoms with Crippen LogP contribution in [-0.2, 0) is 9.47 Å². The Balaban J connectivity index is 1.95. The molecular weight excluding hydrogens is 575 g/mol. The van der Waals surface area contributed by atoms with Gasteiger partial charge >= 0.3 is 11.9 Å². The van der Waals surface area contributed by atoms with E-state index in [0.717, 1.165) is 26.4 Å². The number of methoxy groups -OCH3 is 2. The zero-order valence-electron chi connectivity index (χ0n) is 21.2. The zero-order chi connectivity index (χ0) is 30.0. The number of hydrogen-bond donors (Lipinski definition) is 2. The van der Waals surface area contributed by atoms with E-state index in [1.807, 2.05) is 0 Å². The highest BCUT2D eigenvalue weighted by molar-refractivity contribution is 6.34. The third-order valence-corrected chi connectivity index (χ3v) is 5.79. The molecule has 0 heterocycles. The lowest BCUT2D eigenvalue weighted by Gasteiger charge is -2.13. The number of nitro groups is 2. The summed E-state index contributed by atoms with van der Waals surface area (Å²) in [7, 11) is 2.25. The molecule has 0 aliphatic carbocycles. The maximum absolute atomic E-state index is 11.8. The average molecular weight is 599 g/mol. The maximum atomic E-state index is 11.8. The van der Waals surface area contributed by atoms with E-state index in [0.29, 0.717) is 0 Å². The summed E-state index contributed by atoms with van der Waals surface area (Å²) in [5.41, 5.74) is 10.7. The largest absolute Gasteiger partial charge is 0.490 e. The van der Waals surface area contributed by atoms with E-state index in [9.17, 15) is 29.8 Å². The van der Waals surface area contributed by atoms with Gasteiger partial charge in [-0.3, -0.25) is 20.2 Å². The summed E-state index contributed by atoms with van der Waals surface area (Å²) in [6.45, 7) is -0.252. The van der Waals surface area contributed by atoms with Gasteiger partial charge in [-0.25, -0.2) is 9.59 Å². The first-order valence-corrected chi connectivity index (χ1v) is 12.0. The molecule has 0 aliphatic rings. The van der Waals surface area contributed by atoms with Crippen molar-refractivity contribution < 1.29 is 38.4 Å². The van der Waals surface area contributed by atoms with Crippen LogP contribution in [0, 0.1) is 32.1 Å². The first-order chi connectivity index (χ1) is 18.9. The molecule has 14 nitrogen and oxygen atoms in total. The number of carbonyl (C=O) groups excluding carboxylic acids is 2. The molecule has 2 aromatic rings. The summed E-state index contributed by atoms with van der Waals surface area (Å²) in [6.07, 6.45) is 0.312. The fourth-order valence-electron chi connectivity index (χ4n) is 3.03. The Morgan fingerprint density at radius 3 is 1.45 bits per heavy atom. The molecule has 0 saturated carbocycles. The molecule has 0 amide bonds. The van der Waals surface area contributed by atoms with Crippen LogP contribution in [0.3, 0.4) is 0 Å². The summed E-state index contributed by atoms with van der Waals surface area (Å²) < 4.78 is 20.1. The third kappa shape index (κ3) is 8.68. The number of nitrogens with two attached hydrogens (primary N) is 2. The fourth-order valence-corrected chi connectivity index (χ4v) is 3.50. The van der Waals surface area contributed by atoms with Gasteiger partial charge in [0.2, 0.25) is 0 Å². The van der Waals surface area contributed by atoms with E-state index in [-0.39, 0.29) is 58.7 Å². The average Bonchev–Trinajstić information content (AvgIpc) is 2.92. The molecule has 0 aliphatic heterocycles. The molecule has 214 valence electrons. The van der Waals surface area contributed by atoms with Crippen LogP contribution in [0.15, 0.2) is 24.3 Å². The molecular formula is C24H24Cl2N4O10. The van der Waals surface area contributed by atoms with Crippen molar-refractivity contribution in [1.82, 2.24) is 0 Å². The van der Waals surface area contributed by atoms with Crippen molar-refractivity contribution in [1.29, 1.82) is 0 Å². The smallest absolute Gasteiger partial charge is 0.338 e. The summed E-state index contributed by atoms with van der Waals surface area (Å²) in [5.74, 6) is 3.79. The molecule has 2 rings (SSSR count). The van der Waals surface area contributed by atoms with Crippen molar-refractivity contribution in [3.63, 3.8) is 0 Å². The fraction of sp³-hybridized carbons (Fsp3) is 0.333. The number of ether oxygens (including phenoxy) is 4. The second-order valence-electron chi connectivity index (χ2n) is 8.02. The number of nitro benzene ring substituents is 2. The Bertz CT molecular complexity index is 1260. The monoisotopic (exact) mass is 598 g/mol. The van der Waals surface area contributed by atoms with Gasteiger partial charge < -0.3 is 30.4 Å². The third-order valence-electron chi connectivity index (χ3n) is 5.03. The van der Waals surface area contributed by atoms with E-state index < -0.39 is 45.2 Å². The van der Waals surface area contributed by atoms with Crippen LogP contribution in [0.2, 0.25) is 10.0 Å². The molecule has 0 spiro atoms. The van der Waals surface area contributed by atoms with Gasteiger partial charge in [-0.2, -0.15) is 0 Å². The first kappa shape index (κ1) is 32.1. The van der Waals surface area contributed by atoms with E-state index in [4.69, 9.17) is 44.1 Å². The molecule has 0 unspecified atom stereocenters. The Hall–Kier alpha value is -4.16. The number of carbonyl (C=O) groups is 2. The standard InChI is InChI=1S/C24H24Cl2N4O10/c1-37-23(31)13-7-17(29(33)34)21(25)19(9-13)39-11-15(27)5-3-4-6-16(28)12-40-20-10-14(24(32)38-2)8-18(22(20)26)30(35)36/h7-10,15-16H,5-6,11-12,27-28H2,1-2H3/t15-,16-/m0/s1. The van der Waals surface area contributed by atoms with Crippen molar-refractivity contribution >= 4 is 46.5 Å². The molecule has 0 fully saturated rings. The molecule has 0 bridgehead atoms. The highest BCUT2D eigenvalue weighted by Crippen LogP contribution is 2.36. The number of halogens is 2. The highest BCUT2D eigenvalue weighted by atomic mass is 35.5. The van der Waals surface area contributed by atoms with Crippen molar-refractivity contribution in [2.75, 3.05) is 27.4 Å². The number of benzene rings is 2. The Morgan fingerprint density at radius 1 is 0.800 bits per heavy atom. The number of nitrogens with zero attached hydrogens (tertiary/aromatic N) is 2. The van der Waals surface area contributed by atoms with Crippen molar-refractivity contribution in [3.05, 3.63) is 65.7 Å². The lowest BCUT2D eigenvalue weighted by Crippen LogP contribution is -2.28. The second kappa shape index (κ2) is 14.8. The van der Waals surface area contributed by atoms with Crippen LogP contribution in [0.4, 0.5) is 11.4 Å². The van der Waals surface area contributed by atoms with Gasteiger partial charge in [0.1, 0.15) is 24.7 Å². The molecule has 2 atom stereocenters. The summed E-state index contributed by atoms with van der Waals surface area (Å²) in [6, 6.07) is 3.12. The first-order valence-electron chi connectivity index (χ1n) is 11.2. The predicted molar refractivity (Wildman–Crippen MR) is 143 cm³/mol. The van der Waals surface area contributed by atoms with Crippen LogP contribution in [0.1, 0.15) is 33.6 Å². The molecule has 2 aromatic carbocycles. The minimum Gasteiger partial charge on any atom is -0.490 e.